The monoisotopic (exact) mass is 426 g/mol. The number of ether oxygens (including phenoxy) is 1. The van der Waals surface area contributed by atoms with E-state index in [0.717, 1.165) is 64.2 Å². The molecule has 5 rings (SSSR count). The minimum absolute atomic E-state index is 0.150. The number of nitrogens with zero attached hydrogens (tertiary/aromatic N) is 5. The lowest BCUT2D eigenvalue weighted by Crippen LogP contribution is -2.52. The van der Waals surface area contributed by atoms with Crippen molar-refractivity contribution in [1.29, 1.82) is 0 Å². The van der Waals surface area contributed by atoms with Gasteiger partial charge in [0.15, 0.2) is 0 Å². The van der Waals surface area contributed by atoms with Crippen LogP contribution in [0.15, 0.2) is 29.6 Å². The Morgan fingerprint density at radius 3 is 2.74 bits per heavy atom. The average molecular weight is 427 g/mol. The quantitative estimate of drug-likeness (QED) is 0.689. The molecule has 0 spiro atoms. The number of hydrogen-bond acceptors (Lipinski definition) is 6. The summed E-state index contributed by atoms with van der Waals surface area (Å²) < 4.78 is 9.26. The molecule has 1 N–H and O–H groups in total. The molecule has 2 aromatic heterocycles. The van der Waals surface area contributed by atoms with Crippen LogP contribution < -0.4 is 10.9 Å². The van der Waals surface area contributed by atoms with Crippen molar-refractivity contribution < 1.29 is 9.53 Å². The van der Waals surface area contributed by atoms with Crippen LogP contribution in [-0.4, -0.2) is 69.0 Å². The van der Waals surface area contributed by atoms with Gasteiger partial charge in [-0.05, 0) is 43.7 Å². The molecule has 2 bridgehead atoms. The maximum atomic E-state index is 13.1. The number of piperidine rings is 1. The molecule has 2 aromatic rings. The zero-order valence-electron chi connectivity index (χ0n) is 17.8. The smallest absolute Gasteiger partial charge is 0.263 e. The van der Waals surface area contributed by atoms with Crippen LogP contribution >= 0.6 is 0 Å². The van der Waals surface area contributed by atoms with E-state index in [4.69, 9.17) is 4.74 Å². The summed E-state index contributed by atoms with van der Waals surface area (Å²) in [6.07, 6.45) is 7.39. The molecule has 5 heterocycles. The molecule has 0 aromatic carbocycles. The molecule has 9 nitrogen and oxygen atoms in total. The largest absolute Gasteiger partial charge is 0.381 e. The van der Waals surface area contributed by atoms with Gasteiger partial charge in [-0.1, -0.05) is 0 Å². The van der Waals surface area contributed by atoms with Crippen LogP contribution in [0.4, 0.5) is 0 Å². The first-order valence-corrected chi connectivity index (χ1v) is 11.3. The summed E-state index contributed by atoms with van der Waals surface area (Å²) in [6.45, 7) is 5.67. The Labute approximate surface area is 181 Å². The molecule has 2 saturated heterocycles. The van der Waals surface area contributed by atoms with Crippen molar-refractivity contribution in [3.63, 3.8) is 0 Å². The van der Waals surface area contributed by atoms with Crippen LogP contribution in [0.1, 0.15) is 47.7 Å². The molecule has 0 aliphatic carbocycles. The predicted molar refractivity (Wildman–Crippen MR) is 114 cm³/mol. The Morgan fingerprint density at radius 2 is 1.94 bits per heavy atom. The molecule has 1 amide bonds. The Morgan fingerprint density at radius 1 is 1.13 bits per heavy atom. The van der Waals surface area contributed by atoms with Crippen molar-refractivity contribution in [2.24, 2.45) is 5.92 Å². The van der Waals surface area contributed by atoms with E-state index in [1.807, 2.05) is 15.2 Å². The third-order valence-electron chi connectivity index (χ3n) is 6.93. The van der Waals surface area contributed by atoms with Gasteiger partial charge in [0.05, 0.1) is 0 Å². The second-order valence-electron chi connectivity index (χ2n) is 8.99. The molecule has 2 fully saturated rings. The zero-order chi connectivity index (χ0) is 21.2. The van der Waals surface area contributed by atoms with E-state index in [9.17, 15) is 9.59 Å². The van der Waals surface area contributed by atoms with Crippen molar-refractivity contribution in [3.8, 4) is 0 Å². The highest BCUT2D eigenvalue weighted by atomic mass is 16.5. The van der Waals surface area contributed by atoms with Crippen molar-refractivity contribution in [1.82, 2.24) is 29.5 Å². The molecule has 0 radical (unpaired) electrons. The number of rotatable bonds is 6. The summed E-state index contributed by atoms with van der Waals surface area (Å²) in [5, 5.41) is 10.4. The van der Waals surface area contributed by atoms with E-state index in [0.29, 0.717) is 31.0 Å². The summed E-state index contributed by atoms with van der Waals surface area (Å²) >= 11 is 0. The van der Waals surface area contributed by atoms with Gasteiger partial charge in [-0.2, -0.15) is 0 Å². The molecule has 31 heavy (non-hydrogen) atoms. The second kappa shape index (κ2) is 8.92. The number of carbonyl (C=O) groups is 1. The van der Waals surface area contributed by atoms with Gasteiger partial charge in [-0.15, -0.1) is 10.2 Å². The summed E-state index contributed by atoms with van der Waals surface area (Å²) in [6, 6.07) is 4.32. The van der Waals surface area contributed by atoms with Crippen molar-refractivity contribution in [2.45, 2.75) is 50.7 Å². The van der Waals surface area contributed by atoms with Gasteiger partial charge in [-0.3, -0.25) is 14.5 Å². The molecule has 166 valence electrons. The predicted octanol–water partition coefficient (Wildman–Crippen LogP) is 0.858. The van der Waals surface area contributed by atoms with E-state index >= 15 is 0 Å². The highest BCUT2D eigenvalue weighted by Crippen LogP contribution is 2.36. The maximum Gasteiger partial charge on any atom is 0.263 e. The van der Waals surface area contributed by atoms with Crippen LogP contribution in [0.25, 0.3) is 0 Å². The SMILES string of the molecule is O=C(NCCCn1cnnc1)c1ccc2n(c1=O)C[C@H]1C[C@@H]2CN(C2CCOCC2)C1. The van der Waals surface area contributed by atoms with Crippen LogP contribution in [0.3, 0.4) is 0 Å². The number of pyridine rings is 1. The first-order chi connectivity index (χ1) is 15.2. The number of aryl methyl sites for hydroxylation is 1. The number of likely N-dealkylation sites (tertiary alicyclic amines) is 1. The van der Waals surface area contributed by atoms with Gasteiger partial charge in [-0.25, -0.2) is 0 Å². The van der Waals surface area contributed by atoms with Crippen molar-refractivity contribution in [2.75, 3.05) is 32.8 Å². The Kier molecular flexibility index (Phi) is 5.87. The molecule has 0 unspecified atom stereocenters. The number of hydrogen-bond donors (Lipinski definition) is 1. The van der Waals surface area contributed by atoms with Gasteiger partial charge in [0, 0.05) is 63.6 Å². The normalized spacial score (nSPS) is 24.0. The molecule has 2 atom stereocenters. The molecule has 3 aliphatic heterocycles. The summed E-state index contributed by atoms with van der Waals surface area (Å²) in [5.41, 5.74) is 1.18. The lowest BCUT2D eigenvalue weighted by atomic mass is 9.82. The van der Waals surface area contributed by atoms with E-state index in [1.54, 1.807) is 18.7 Å². The summed E-state index contributed by atoms with van der Waals surface area (Å²) in [7, 11) is 0. The van der Waals surface area contributed by atoms with E-state index < -0.39 is 0 Å². The Bertz CT molecular complexity index is 966. The fourth-order valence-corrected chi connectivity index (χ4v) is 5.40. The topological polar surface area (TPSA) is 94.3 Å². The number of carbonyl (C=O) groups excluding carboxylic acids is 1. The van der Waals surface area contributed by atoms with Crippen LogP contribution in [0.2, 0.25) is 0 Å². The summed E-state index contributed by atoms with van der Waals surface area (Å²) in [4.78, 5) is 28.4. The summed E-state index contributed by atoms with van der Waals surface area (Å²) in [5.74, 6) is 0.543. The first kappa shape index (κ1) is 20.4. The third-order valence-corrected chi connectivity index (χ3v) is 6.93. The zero-order valence-corrected chi connectivity index (χ0v) is 17.8. The number of aromatic nitrogens is 4. The number of nitrogens with one attached hydrogen (secondary N) is 1. The standard InChI is InChI=1S/C22H30N6O3/c29-21(23-6-1-7-26-14-24-25-15-26)19-2-3-20-17-10-16(12-28(20)22(19)30)11-27(13-17)18-4-8-31-9-5-18/h2-3,14-18H,1,4-13H2,(H,23,29)/t16-,17+/m0/s1. The van der Waals surface area contributed by atoms with Crippen molar-refractivity contribution >= 4 is 5.91 Å². The first-order valence-electron chi connectivity index (χ1n) is 11.3. The number of fused-ring (bicyclic) bond motifs is 4. The number of amides is 1. The van der Waals surface area contributed by atoms with E-state index in [2.05, 4.69) is 20.4 Å². The van der Waals surface area contributed by atoms with Crippen LogP contribution in [0, 0.1) is 5.92 Å². The van der Waals surface area contributed by atoms with E-state index in [-0.39, 0.29) is 17.0 Å². The minimum atomic E-state index is -0.288. The van der Waals surface area contributed by atoms with Gasteiger partial charge in [0.25, 0.3) is 11.5 Å². The average Bonchev–Trinajstić information content (AvgIpc) is 3.31. The maximum absolute atomic E-state index is 13.1. The lowest BCUT2D eigenvalue weighted by molar-refractivity contribution is 0.00585. The highest BCUT2D eigenvalue weighted by molar-refractivity contribution is 5.93. The fraction of sp³-hybridized carbons (Fsp3) is 0.636. The van der Waals surface area contributed by atoms with Crippen LogP contribution in [0.5, 0.6) is 0 Å². The molecule has 3 aliphatic rings. The Balaban J connectivity index is 1.24. The lowest BCUT2D eigenvalue weighted by Gasteiger charge is -2.46. The molecular formula is C22H30N6O3. The Hall–Kier alpha value is -2.52. The van der Waals surface area contributed by atoms with Gasteiger partial charge in [0.1, 0.15) is 18.2 Å². The highest BCUT2D eigenvalue weighted by Gasteiger charge is 2.37. The fourth-order valence-electron chi connectivity index (χ4n) is 5.40. The second-order valence-corrected chi connectivity index (χ2v) is 8.99. The minimum Gasteiger partial charge on any atom is -0.381 e. The molecular weight excluding hydrogens is 396 g/mol. The van der Waals surface area contributed by atoms with Crippen molar-refractivity contribution in [3.05, 3.63) is 46.4 Å². The van der Waals surface area contributed by atoms with Gasteiger partial charge < -0.3 is 19.2 Å². The third kappa shape index (κ3) is 4.29. The molecule has 0 saturated carbocycles. The van der Waals surface area contributed by atoms with Gasteiger partial charge in [0.2, 0.25) is 0 Å². The molecule has 9 heteroatoms. The van der Waals surface area contributed by atoms with Gasteiger partial charge >= 0.3 is 0 Å². The van der Waals surface area contributed by atoms with E-state index in [1.165, 1.54) is 0 Å². The van der Waals surface area contributed by atoms with Crippen LogP contribution in [-0.2, 0) is 17.8 Å².